The quantitative estimate of drug-likeness (QED) is 0.920. The van der Waals surface area contributed by atoms with E-state index < -0.39 is 0 Å². The molecule has 1 aromatic heterocycles. The van der Waals surface area contributed by atoms with Crippen LogP contribution in [-0.4, -0.2) is 41.1 Å². The van der Waals surface area contributed by atoms with Crippen LogP contribution in [0, 0.1) is 6.92 Å². The van der Waals surface area contributed by atoms with Gasteiger partial charge in [-0.2, -0.15) is 0 Å². The molecule has 0 spiro atoms. The minimum absolute atomic E-state index is 0.276. The molecule has 0 unspecified atom stereocenters. The van der Waals surface area contributed by atoms with Gasteiger partial charge in [-0.3, -0.25) is 14.6 Å². The summed E-state index contributed by atoms with van der Waals surface area (Å²) in [5, 5.41) is 10.6. The zero-order valence-electron chi connectivity index (χ0n) is 13.7. The maximum atomic E-state index is 11.6. The van der Waals surface area contributed by atoms with E-state index in [1.165, 1.54) is 11.6 Å². The van der Waals surface area contributed by atoms with Crippen LogP contribution < -0.4 is 5.43 Å². The zero-order valence-corrected chi connectivity index (χ0v) is 14.4. The topological polar surface area (TPSA) is 56.9 Å². The average molecular weight is 349 g/mol. The standard InChI is InChI=1S/C18H21ClN2O3/c1-13-9-16(22)18(23)17(24-13)12-21-7-5-20(6-8-21)11-14-3-2-4-15(19)10-14/h2-4,9-10,23H,5-8,11-12H2,1H3. The van der Waals surface area contributed by atoms with Crippen molar-refractivity contribution in [3.8, 4) is 5.75 Å². The van der Waals surface area contributed by atoms with Crippen LogP contribution in [0.4, 0.5) is 0 Å². The van der Waals surface area contributed by atoms with Gasteiger partial charge in [-0.1, -0.05) is 23.7 Å². The van der Waals surface area contributed by atoms with Crippen LogP contribution in [0.1, 0.15) is 17.1 Å². The fourth-order valence-electron chi connectivity index (χ4n) is 2.97. The second kappa shape index (κ2) is 7.38. The van der Waals surface area contributed by atoms with Crippen LogP contribution >= 0.6 is 11.6 Å². The molecule has 0 radical (unpaired) electrons. The molecule has 0 amide bonds. The Morgan fingerprint density at radius 3 is 2.46 bits per heavy atom. The number of aromatic hydroxyl groups is 1. The van der Waals surface area contributed by atoms with Gasteiger partial charge >= 0.3 is 0 Å². The SMILES string of the molecule is Cc1cc(=O)c(O)c(CN2CCN(Cc3cccc(Cl)c3)CC2)o1. The Kier molecular flexibility index (Phi) is 5.23. The van der Waals surface area contributed by atoms with E-state index in [0.717, 1.165) is 37.7 Å². The summed E-state index contributed by atoms with van der Waals surface area (Å²) in [6, 6.07) is 9.23. The van der Waals surface area contributed by atoms with Crippen molar-refractivity contribution >= 4 is 11.6 Å². The van der Waals surface area contributed by atoms with Crippen molar-refractivity contribution in [2.75, 3.05) is 26.2 Å². The predicted octanol–water partition coefficient (Wildman–Crippen LogP) is 2.63. The summed E-state index contributed by atoms with van der Waals surface area (Å²) >= 11 is 6.03. The number of hydrogen-bond donors (Lipinski definition) is 1. The second-order valence-electron chi connectivity index (χ2n) is 6.18. The molecule has 5 nitrogen and oxygen atoms in total. The van der Waals surface area contributed by atoms with Gasteiger partial charge in [0.15, 0.2) is 5.76 Å². The van der Waals surface area contributed by atoms with Gasteiger partial charge in [-0.25, -0.2) is 0 Å². The molecule has 0 saturated carbocycles. The first-order valence-corrected chi connectivity index (χ1v) is 8.41. The van der Waals surface area contributed by atoms with Gasteiger partial charge in [-0.05, 0) is 24.6 Å². The van der Waals surface area contributed by atoms with Crippen LogP contribution in [-0.2, 0) is 13.1 Å². The Morgan fingerprint density at radius 1 is 1.12 bits per heavy atom. The van der Waals surface area contributed by atoms with Gasteiger partial charge in [0.1, 0.15) is 5.76 Å². The fraction of sp³-hybridized carbons (Fsp3) is 0.389. The van der Waals surface area contributed by atoms with Crippen LogP contribution in [0.3, 0.4) is 0 Å². The molecule has 2 heterocycles. The maximum Gasteiger partial charge on any atom is 0.227 e. The largest absolute Gasteiger partial charge is 0.502 e. The number of hydrogen-bond acceptors (Lipinski definition) is 5. The molecular formula is C18H21ClN2O3. The molecular weight excluding hydrogens is 328 g/mol. The van der Waals surface area contributed by atoms with Crippen molar-refractivity contribution in [2.24, 2.45) is 0 Å². The van der Waals surface area contributed by atoms with Gasteiger partial charge in [0.05, 0.1) is 6.54 Å². The van der Waals surface area contributed by atoms with Gasteiger partial charge in [0.25, 0.3) is 0 Å². The molecule has 1 N–H and O–H groups in total. The van der Waals surface area contributed by atoms with E-state index in [9.17, 15) is 9.90 Å². The van der Waals surface area contributed by atoms with Gasteiger partial charge < -0.3 is 9.52 Å². The Bertz CT molecular complexity index is 767. The summed E-state index contributed by atoms with van der Waals surface area (Å²) in [6.45, 7) is 6.60. The van der Waals surface area contributed by atoms with E-state index in [1.807, 2.05) is 18.2 Å². The lowest BCUT2D eigenvalue weighted by molar-refractivity contribution is 0.113. The van der Waals surface area contributed by atoms with Crippen LogP contribution in [0.5, 0.6) is 5.75 Å². The lowest BCUT2D eigenvalue weighted by Crippen LogP contribution is -2.45. The van der Waals surface area contributed by atoms with Crippen molar-refractivity contribution in [1.29, 1.82) is 0 Å². The lowest BCUT2D eigenvalue weighted by atomic mass is 10.2. The first kappa shape index (κ1) is 17.0. The minimum Gasteiger partial charge on any atom is -0.502 e. The minimum atomic E-state index is -0.381. The molecule has 2 aromatic rings. The van der Waals surface area contributed by atoms with Crippen molar-refractivity contribution in [1.82, 2.24) is 9.80 Å². The molecule has 3 rings (SSSR count). The summed E-state index contributed by atoms with van der Waals surface area (Å²) in [5.74, 6) is 0.595. The predicted molar refractivity (Wildman–Crippen MR) is 93.4 cm³/mol. The molecule has 1 aliphatic rings. The lowest BCUT2D eigenvalue weighted by Gasteiger charge is -2.34. The highest BCUT2D eigenvalue weighted by Gasteiger charge is 2.20. The second-order valence-corrected chi connectivity index (χ2v) is 6.61. The fourth-order valence-corrected chi connectivity index (χ4v) is 3.18. The number of rotatable bonds is 4. The Balaban J connectivity index is 1.57. The van der Waals surface area contributed by atoms with Gasteiger partial charge in [-0.15, -0.1) is 0 Å². The van der Waals surface area contributed by atoms with E-state index in [4.69, 9.17) is 16.0 Å². The highest BCUT2D eigenvalue weighted by atomic mass is 35.5. The maximum absolute atomic E-state index is 11.6. The van der Waals surface area contributed by atoms with E-state index in [2.05, 4.69) is 15.9 Å². The molecule has 1 aliphatic heterocycles. The normalized spacial score (nSPS) is 16.4. The van der Waals surface area contributed by atoms with E-state index >= 15 is 0 Å². The number of benzene rings is 1. The summed E-state index contributed by atoms with van der Waals surface area (Å²) in [4.78, 5) is 16.2. The van der Waals surface area contributed by atoms with Crippen LogP contribution in [0.25, 0.3) is 0 Å². The Morgan fingerprint density at radius 2 is 1.79 bits per heavy atom. The molecule has 0 bridgehead atoms. The Labute approximate surface area is 146 Å². The Hall–Kier alpha value is -1.82. The summed E-state index contributed by atoms with van der Waals surface area (Å²) in [6.07, 6.45) is 0. The third-order valence-corrected chi connectivity index (χ3v) is 4.48. The number of piperazine rings is 1. The summed E-state index contributed by atoms with van der Waals surface area (Å²) < 4.78 is 5.51. The number of halogens is 1. The third-order valence-electron chi connectivity index (χ3n) is 4.24. The zero-order chi connectivity index (χ0) is 17.1. The van der Waals surface area contributed by atoms with Crippen LogP contribution in [0.15, 0.2) is 39.5 Å². The van der Waals surface area contributed by atoms with Crippen LogP contribution in [0.2, 0.25) is 5.02 Å². The molecule has 0 atom stereocenters. The molecule has 1 saturated heterocycles. The van der Waals surface area contributed by atoms with E-state index in [-0.39, 0.29) is 11.2 Å². The monoisotopic (exact) mass is 348 g/mol. The molecule has 0 aliphatic carbocycles. The molecule has 128 valence electrons. The highest BCUT2D eigenvalue weighted by molar-refractivity contribution is 6.30. The van der Waals surface area contributed by atoms with Gasteiger partial charge in [0.2, 0.25) is 11.2 Å². The van der Waals surface area contributed by atoms with Crippen molar-refractivity contribution in [3.05, 3.63) is 62.7 Å². The van der Waals surface area contributed by atoms with E-state index in [0.29, 0.717) is 18.1 Å². The first-order valence-electron chi connectivity index (χ1n) is 8.03. The third kappa shape index (κ3) is 4.17. The molecule has 1 fully saturated rings. The summed E-state index contributed by atoms with van der Waals surface area (Å²) in [7, 11) is 0. The molecule has 24 heavy (non-hydrogen) atoms. The average Bonchev–Trinajstić information content (AvgIpc) is 2.54. The summed E-state index contributed by atoms with van der Waals surface area (Å²) in [5.41, 5.74) is 0.826. The van der Waals surface area contributed by atoms with E-state index in [1.54, 1.807) is 6.92 Å². The van der Waals surface area contributed by atoms with Crippen molar-refractivity contribution in [2.45, 2.75) is 20.0 Å². The smallest absolute Gasteiger partial charge is 0.227 e. The number of aryl methyl sites for hydroxylation is 1. The van der Waals surface area contributed by atoms with Crippen molar-refractivity contribution in [3.63, 3.8) is 0 Å². The van der Waals surface area contributed by atoms with Gasteiger partial charge in [0, 0.05) is 43.8 Å². The number of nitrogens with zero attached hydrogens (tertiary/aromatic N) is 2. The molecule has 1 aromatic carbocycles. The molecule has 6 heteroatoms. The first-order chi connectivity index (χ1) is 11.5. The van der Waals surface area contributed by atoms with Crippen molar-refractivity contribution < 1.29 is 9.52 Å². The highest BCUT2D eigenvalue weighted by Crippen LogP contribution is 2.18.